The van der Waals surface area contributed by atoms with Crippen LogP contribution in [0.4, 0.5) is 10.5 Å². The number of benzene rings is 2. The molecule has 4 aromatic rings. The largest absolute Gasteiger partial charge is 0.381 e. The Hall–Kier alpha value is -3.95. The lowest BCUT2D eigenvalue weighted by molar-refractivity contribution is 0.0904. The first-order valence-corrected chi connectivity index (χ1v) is 17.5. The maximum Gasteiger partial charge on any atom is 0.315 e. The third-order valence-electron chi connectivity index (χ3n) is 9.96. The highest BCUT2D eigenvalue weighted by Gasteiger charge is 2.22. The van der Waals surface area contributed by atoms with E-state index in [1.54, 1.807) is 0 Å². The molecule has 4 heterocycles. The molecule has 2 aliphatic heterocycles. The van der Waals surface area contributed by atoms with Gasteiger partial charge in [0.25, 0.3) is 0 Å². The minimum absolute atomic E-state index is 0.198. The maximum absolute atomic E-state index is 13.2. The summed E-state index contributed by atoms with van der Waals surface area (Å²) in [6.45, 7) is 11.8. The van der Waals surface area contributed by atoms with Crippen LogP contribution < -0.4 is 16.0 Å². The van der Waals surface area contributed by atoms with Crippen LogP contribution in [0.2, 0.25) is 0 Å². The van der Waals surface area contributed by atoms with E-state index in [1.165, 1.54) is 48.2 Å². The number of urea groups is 1. The molecule has 9 heteroatoms. The molecular formula is C38H51N7O2. The molecule has 0 unspecified atom stereocenters. The van der Waals surface area contributed by atoms with E-state index in [4.69, 9.17) is 9.72 Å². The quantitative estimate of drug-likeness (QED) is 0.175. The molecule has 2 aromatic carbocycles. The lowest BCUT2D eigenvalue weighted by Gasteiger charge is -2.29. The summed E-state index contributed by atoms with van der Waals surface area (Å²) in [5.74, 6) is 0.755. The molecule has 0 saturated carbocycles. The topological polar surface area (TPSA) is 96.3 Å². The van der Waals surface area contributed by atoms with Gasteiger partial charge in [-0.1, -0.05) is 43.3 Å². The van der Waals surface area contributed by atoms with Gasteiger partial charge in [-0.3, -0.25) is 0 Å². The Bertz CT molecular complexity index is 1670. The number of hydrogen-bond acceptors (Lipinski definition) is 6. The predicted molar refractivity (Wildman–Crippen MR) is 190 cm³/mol. The SMILES string of the molecule is CCc1nc2c(cnn2CC)c(NC2CCOCC2)c1CNC(=O)NCc1ccc(C)c(-c2cccc(CC3CCN(C)CC3)c2)c1. The zero-order valence-corrected chi connectivity index (χ0v) is 28.6. The number of amides is 2. The van der Waals surface area contributed by atoms with Gasteiger partial charge in [-0.2, -0.15) is 5.10 Å². The van der Waals surface area contributed by atoms with Gasteiger partial charge < -0.3 is 25.6 Å². The van der Waals surface area contributed by atoms with Crippen molar-refractivity contribution in [3.8, 4) is 11.1 Å². The van der Waals surface area contributed by atoms with Gasteiger partial charge in [-0.05, 0) is 112 Å². The molecule has 2 aliphatic rings. The number of anilines is 1. The van der Waals surface area contributed by atoms with Crippen molar-refractivity contribution in [1.29, 1.82) is 0 Å². The van der Waals surface area contributed by atoms with Gasteiger partial charge in [0.1, 0.15) is 0 Å². The zero-order chi connectivity index (χ0) is 32.8. The molecule has 0 spiro atoms. The number of nitrogens with zero attached hydrogens (tertiary/aromatic N) is 4. The van der Waals surface area contributed by atoms with E-state index in [-0.39, 0.29) is 6.03 Å². The Morgan fingerprint density at radius 2 is 1.77 bits per heavy atom. The second-order valence-corrected chi connectivity index (χ2v) is 13.3. The normalized spacial score (nSPS) is 16.4. The number of nitrogens with one attached hydrogen (secondary N) is 3. The van der Waals surface area contributed by atoms with Crippen LogP contribution >= 0.6 is 0 Å². The summed E-state index contributed by atoms with van der Waals surface area (Å²) >= 11 is 0. The molecule has 3 N–H and O–H groups in total. The van der Waals surface area contributed by atoms with Gasteiger partial charge in [0.2, 0.25) is 0 Å². The van der Waals surface area contributed by atoms with Crippen LogP contribution in [0.25, 0.3) is 22.2 Å². The first-order chi connectivity index (χ1) is 22.9. The van der Waals surface area contributed by atoms with Gasteiger partial charge >= 0.3 is 6.03 Å². The van der Waals surface area contributed by atoms with Crippen LogP contribution in [0.15, 0.2) is 48.7 Å². The lowest BCUT2D eigenvalue weighted by Crippen LogP contribution is -2.35. The highest BCUT2D eigenvalue weighted by molar-refractivity contribution is 5.92. The number of fused-ring (bicyclic) bond motifs is 1. The second kappa shape index (κ2) is 15.3. The minimum atomic E-state index is -0.198. The van der Waals surface area contributed by atoms with Crippen molar-refractivity contribution in [3.63, 3.8) is 0 Å². The first kappa shape index (κ1) is 33.0. The minimum Gasteiger partial charge on any atom is -0.381 e. The van der Waals surface area contributed by atoms with Crippen LogP contribution in [0.5, 0.6) is 0 Å². The lowest BCUT2D eigenvalue weighted by atomic mass is 9.89. The molecule has 250 valence electrons. The average Bonchev–Trinajstić information content (AvgIpc) is 3.51. The first-order valence-electron chi connectivity index (χ1n) is 17.5. The third kappa shape index (κ3) is 7.96. The molecule has 0 radical (unpaired) electrons. The summed E-state index contributed by atoms with van der Waals surface area (Å²) in [5.41, 5.74) is 10.1. The number of aromatic nitrogens is 3. The van der Waals surface area contributed by atoms with E-state index in [0.717, 1.165) is 84.9 Å². The summed E-state index contributed by atoms with van der Waals surface area (Å²) in [5, 5.41) is 15.6. The van der Waals surface area contributed by atoms with Gasteiger partial charge in [0.05, 0.1) is 17.3 Å². The van der Waals surface area contributed by atoms with Crippen molar-refractivity contribution in [2.45, 2.75) is 85.0 Å². The Morgan fingerprint density at radius 3 is 2.53 bits per heavy atom. The molecule has 2 fully saturated rings. The maximum atomic E-state index is 13.2. The fourth-order valence-electron chi connectivity index (χ4n) is 7.07. The summed E-state index contributed by atoms with van der Waals surface area (Å²) in [6, 6.07) is 15.6. The second-order valence-electron chi connectivity index (χ2n) is 13.3. The molecule has 2 saturated heterocycles. The Balaban J connectivity index is 1.13. The number of pyridine rings is 1. The zero-order valence-electron chi connectivity index (χ0n) is 28.6. The monoisotopic (exact) mass is 637 g/mol. The number of hydrogen-bond donors (Lipinski definition) is 3. The van der Waals surface area contributed by atoms with E-state index < -0.39 is 0 Å². The standard InChI is InChI=1S/C38H51N7O2/c1-5-35-33(36(42-31-14-18-47-19-15-31)34-25-41-45(6-2)37(34)43-35)24-40-38(46)39-23-29-11-10-26(3)32(22-29)30-9-7-8-28(21-30)20-27-12-16-44(4)17-13-27/h7-11,21-22,25,27,31H,5-6,12-20,23-24H2,1-4H3,(H,42,43)(H2,39,40,46). The molecule has 6 rings (SSSR count). The highest BCUT2D eigenvalue weighted by atomic mass is 16.5. The van der Waals surface area contributed by atoms with Gasteiger partial charge in [0, 0.05) is 50.1 Å². The van der Waals surface area contributed by atoms with Gasteiger partial charge in [-0.15, -0.1) is 0 Å². The molecular weight excluding hydrogens is 586 g/mol. The fraction of sp³-hybridized carbons (Fsp3) is 0.500. The third-order valence-corrected chi connectivity index (χ3v) is 9.96. The van der Waals surface area contributed by atoms with Crippen LogP contribution in [0.1, 0.15) is 67.5 Å². The van der Waals surface area contributed by atoms with Crippen LogP contribution in [-0.4, -0.2) is 65.1 Å². The number of likely N-dealkylation sites (tertiary alicyclic amines) is 1. The van der Waals surface area contributed by atoms with Gasteiger partial charge in [-0.25, -0.2) is 14.5 Å². The number of carbonyl (C=O) groups excluding carboxylic acids is 1. The molecule has 47 heavy (non-hydrogen) atoms. The number of piperidine rings is 1. The molecule has 0 aliphatic carbocycles. The average molecular weight is 638 g/mol. The Labute approximate surface area is 279 Å². The van der Waals surface area contributed by atoms with Crippen LogP contribution in [0, 0.1) is 12.8 Å². The number of rotatable bonds is 11. The summed E-state index contributed by atoms with van der Waals surface area (Å²) < 4.78 is 7.54. The highest BCUT2D eigenvalue weighted by Crippen LogP contribution is 2.32. The summed E-state index contributed by atoms with van der Waals surface area (Å²) in [6.07, 6.45) is 8.23. The number of aryl methyl sites for hydroxylation is 3. The molecule has 0 bridgehead atoms. The van der Waals surface area contributed by atoms with Crippen molar-refractivity contribution in [3.05, 3.63) is 76.6 Å². The van der Waals surface area contributed by atoms with Crippen molar-refractivity contribution in [1.82, 2.24) is 30.3 Å². The molecule has 9 nitrogen and oxygen atoms in total. The molecule has 2 aromatic heterocycles. The van der Waals surface area contributed by atoms with E-state index in [9.17, 15) is 4.79 Å². The van der Waals surface area contributed by atoms with Crippen LogP contribution in [0.3, 0.4) is 0 Å². The van der Waals surface area contributed by atoms with E-state index in [0.29, 0.717) is 19.1 Å². The summed E-state index contributed by atoms with van der Waals surface area (Å²) in [4.78, 5) is 20.6. The van der Waals surface area contributed by atoms with Crippen molar-refractivity contribution in [2.75, 3.05) is 38.7 Å². The van der Waals surface area contributed by atoms with Crippen molar-refractivity contribution < 1.29 is 9.53 Å². The van der Waals surface area contributed by atoms with Gasteiger partial charge in [0.15, 0.2) is 5.65 Å². The summed E-state index contributed by atoms with van der Waals surface area (Å²) in [7, 11) is 2.22. The fourth-order valence-corrected chi connectivity index (χ4v) is 7.07. The molecule has 2 amide bonds. The molecule has 0 atom stereocenters. The number of ether oxygens (including phenoxy) is 1. The van der Waals surface area contributed by atoms with E-state index in [1.807, 2.05) is 10.9 Å². The predicted octanol–water partition coefficient (Wildman–Crippen LogP) is 6.46. The van der Waals surface area contributed by atoms with E-state index >= 15 is 0 Å². The van der Waals surface area contributed by atoms with Crippen molar-refractivity contribution >= 4 is 22.8 Å². The van der Waals surface area contributed by atoms with Crippen molar-refractivity contribution in [2.24, 2.45) is 5.92 Å². The number of carbonyl (C=O) groups is 1. The Morgan fingerprint density at radius 1 is 0.979 bits per heavy atom. The van der Waals surface area contributed by atoms with Crippen LogP contribution in [-0.2, 0) is 37.2 Å². The Kier molecular flexibility index (Phi) is 10.7. The smallest absolute Gasteiger partial charge is 0.315 e. The van der Waals surface area contributed by atoms with E-state index in [2.05, 4.69) is 96.2 Å².